The van der Waals surface area contributed by atoms with Crippen molar-refractivity contribution in [1.82, 2.24) is 4.98 Å². The molecule has 3 aromatic carbocycles. The first kappa shape index (κ1) is 22.4. The predicted octanol–water partition coefficient (Wildman–Crippen LogP) is 5.40. The Bertz CT molecular complexity index is 1350. The van der Waals surface area contributed by atoms with Crippen LogP contribution >= 0.6 is 22.9 Å². The maximum absolute atomic E-state index is 13.3. The second-order valence-corrected chi connectivity index (χ2v) is 10.6. The number of carbonyl (C=O) groups is 1. The number of aryl methyl sites for hydroxylation is 1. The van der Waals surface area contributed by atoms with Gasteiger partial charge in [-0.3, -0.25) is 9.69 Å². The Morgan fingerprint density at radius 3 is 2.41 bits per heavy atom. The Morgan fingerprint density at radius 2 is 1.75 bits per heavy atom. The van der Waals surface area contributed by atoms with Crippen LogP contribution in [0.4, 0.5) is 9.52 Å². The van der Waals surface area contributed by atoms with Gasteiger partial charge >= 0.3 is 0 Å². The summed E-state index contributed by atoms with van der Waals surface area (Å²) >= 11 is 7.56. The van der Waals surface area contributed by atoms with E-state index in [-0.39, 0.29) is 11.4 Å². The summed E-state index contributed by atoms with van der Waals surface area (Å²) in [5, 5.41) is 0.875. The van der Waals surface area contributed by atoms with Gasteiger partial charge in [-0.1, -0.05) is 59.3 Å². The molecular weight excluding hydrogens is 471 g/mol. The van der Waals surface area contributed by atoms with Crippen molar-refractivity contribution in [2.24, 2.45) is 0 Å². The van der Waals surface area contributed by atoms with Crippen molar-refractivity contribution in [2.45, 2.75) is 18.4 Å². The van der Waals surface area contributed by atoms with Crippen LogP contribution in [0.1, 0.15) is 11.1 Å². The number of anilines is 1. The van der Waals surface area contributed by atoms with Crippen LogP contribution < -0.4 is 4.90 Å². The maximum atomic E-state index is 13.3. The molecule has 5 nitrogen and oxygen atoms in total. The molecule has 0 aliphatic carbocycles. The highest BCUT2D eigenvalue weighted by molar-refractivity contribution is 7.92. The SMILES string of the molecule is Cc1ccc(Cl)c2sc(N(Cc3ccccc3)C(=O)CS(=O)(=O)c3ccc(F)cc3)nc12. The molecule has 1 aromatic heterocycles. The molecule has 1 amide bonds. The van der Waals surface area contributed by atoms with Crippen molar-refractivity contribution >= 4 is 54.0 Å². The Kier molecular flexibility index (Phi) is 6.28. The summed E-state index contributed by atoms with van der Waals surface area (Å²) in [6.07, 6.45) is 0. The number of thiazole rings is 1. The standard InChI is InChI=1S/C23H18ClFN2O3S2/c1-15-7-12-19(24)22-21(15)26-23(31-22)27(13-16-5-3-2-4-6-16)20(28)14-32(29,30)18-10-8-17(25)9-11-18/h2-12H,13-14H2,1H3. The molecule has 0 N–H and O–H groups in total. The van der Waals surface area contributed by atoms with Crippen LogP contribution in [0.3, 0.4) is 0 Å². The van der Waals surface area contributed by atoms with Crippen molar-refractivity contribution in [3.63, 3.8) is 0 Å². The fourth-order valence-electron chi connectivity index (χ4n) is 3.20. The number of hydrogen-bond acceptors (Lipinski definition) is 5. The third-order valence-corrected chi connectivity index (χ3v) is 8.04. The minimum Gasteiger partial charge on any atom is -0.283 e. The van der Waals surface area contributed by atoms with Gasteiger partial charge in [-0.05, 0) is 48.4 Å². The third kappa shape index (κ3) is 4.67. The summed E-state index contributed by atoms with van der Waals surface area (Å²) in [6, 6.07) is 17.3. The van der Waals surface area contributed by atoms with E-state index in [2.05, 4.69) is 4.98 Å². The average Bonchev–Trinajstić information content (AvgIpc) is 3.22. The van der Waals surface area contributed by atoms with E-state index in [1.807, 2.05) is 43.3 Å². The average molecular weight is 489 g/mol. The van der Waals surface area contributed by atoms with Crippen LogP contribution in [0.2, 0.25) is 5.02 Å². The molecule has 0 spiro atoms. The lowest BCUT2D eigenvalue weighted by Crippen LogP contribution is -2.35. The number of benzene rings is 3. The molecule has 164 valence electrons. The van der Waals surface area contributed by atoms with Gasteiger partial charge in [0.05, 0.1) is 26.7 Å². The Morgan fingerprint density at radius 1 is 1.06 bits per heavy atom. The van der Waals surface area contributed by atoms with E-state index >= 15 is 0 Å². The fraction of sp³-hybridized carbons (Fsp3) is 0.130. The summed E-state index contributed by atoms with van der Waals surface area (Å²) in [6.45, 7) is 2.04. The predicted molar refractivity (Wildman–Crippen MR) is 125 cm³/mol. The molecule has 4 aromatic rings. The van der Waals surface area contributed by atoms with E-state index in [1.165, 1.54) is 16.2 Å². The molecule has 0 saturated carbocycles. The third-order valence-electron chi connectivity index (χ3n) is 4.89. The first-order valence-electron chi connectivity index (χ1n) is 9.63. The molecule has 9 heteroatoms. The second-order valence-electron chi connectivity index (χ2n) is 7.22. The number of carbonyl (C=O) groups excluding carboxylic acids is 1. The number of rotatable bonds is 6. The number of nitrogens with zero attached hydrogens (tertiary/aromatic N) is 2. The maximum Gasteiger partial charge on any atom is 0.244 e. The van der Waals surface area contributed by atoms with Gasteiger partial charge in [0.1, 0.15) is 11.6 Å². The topological polar surface area (TPSA) is 67.3 Å². The quantitative estimate of drug-likeness (QED) is 0.340. The van der Waals surface area contributed by atoms with Gasteiger partial charge in [-0.15, -0.1) is 0 Å². The van der Waals surface area contributed by atoms with E-state index in [4.69, 9.17) is 11.6 Å². The van der Waals surface area contributed by atoms with Crippen LogP contribution in [0.5, 0.6) is 0 Å². The number of hydrogen-bond donors (Lipinski definition) is 0. The van der Waals surface area contributed by atoms with Crippen LogP contribution in [0.15, 0.2) is 71.6 Å². The van der Waals surface area contributed by atoms with Crippen molar-refractivity contribution in [1.29, 1.82) is 0 Å². The Balaban J connectivity index is 1.72. The summed E-state index contributed by atoms with van der Waals surface area (Å²) in [7, 11) is -3.98. The highest BCUT2D eigenvalue weighted by Crippen LogP contribution is 2.36. The lowest BCUT2D eigenvalue weighted by molar-refractivity contribution is -0.116. The molecule has 0 aliphatic rings. The second kappa shape index (κ2) is 8.97. The first-order chi connectivity index (χ1) is 15.2. The Labute approximate surface area is 194 Å². The minimum atomic E-state index is -3.98. The summed E-state index contributed by atoms with van der Waals surface area (Å²) in [5.74, 6) is -1.96. The van der Waals surface area contributed by atoms with Crippen molar-refractivity contribution < 1.29 is 17.6 Å². The number of aromatic nitrogens is 1. The highest BCUT2D eigenvalue weighted by Gasteiger charge is 2.27. The molecule has 4 rings (SSSR count). The fourth-order valence-corrected chi connectivity index (χ4v) is 5.73. The smallest absolute Gasteiger partial charge is 0.244 e. The normalized spacial score (nSPS) is 11.6. The largest absolute Gasteiger partial charge is 0.283 e. The van der Waals surface area contributed by atoms with E-state index in [0.29, 0.717) is 15.7 Å². The molecule has 0 saturated heterocycles. The lowest BCUT2D eigenvalue weighted by atomic mass is 10.2. The number of halogens is 2. The molecule has 0 aliphatic heterocycles. The van der Waals surface area contributed by atoms with Gasteiger partial charge in [0.25, 0.3) is 0 Å². The van der Waals surface area contributed by atoms with Crippen molar-refractivity contribution in [3.05, 3.63) is 88.7 Å². The molecule has 1 heterocycles. The van der Waals surface area contributed by atoms with Gasteiger partial charge in [0.2, 0.25) is 5.91 Å². The monoisotopic (exact) mass is 488 g/mol. The molecule has 0 radical (unpaired) electrons. The van der Waals surface area contributed by atoms with Crippen molar-refractivity contribution in [2.75, 3.05) is 10.7 Å². The van der Waals surface area contributed by atoms with Crippen molar-refractivity contribution in [3.8, 4) is 0 Å². The van der Waals surface area contributed by atoms with E-state index in [0.717, 1.165) is 40.1 Å². The summed E-state index contributed by atoms with van der Waals surface area (Å²) in [4.78, 5) is 19.1. The molecule has 0 fully saturated rings. The lowest BCUT2D eigenvalue weighted by Gasteiger charge is -2.20. The van der Waals surface area contributed by atoms with Gasteiger partial charge in [-0.2, -0.15) is 0 Å². The van der Waals surface area contributed by atoms with Crippen LogP contribution in [-0.4, -0.2) is 25.1 Å². The minimum absolute atomic E-state index is 0.116. The zero-order chi connectivity index (χ0) is 22.9. The number of amides is 1. The zero-order valence-corrected chi connectivity index (χ0v) is 19.3. The van der Waals surface area contributed by atoms with E-state index in [9.17, 15) is 17.6 Å². The molecular formula is C23H18ClFN2O3S2. The summed E-state index contributed by atoms with van der Waals surface area (Å²) in [5.41, 5.74) is 2.39. The van der Waals surface area contributed by atoms with Gasteiger partial charge in [0, 0.05) is 0 Å². The summed E-state index contributed by atoms with van der Waals surface area (Å²) < 4.78 is 39.6. The van der Waals surface area contributed by atoms with E-state index in [1.54, 1.807) is 6.07 Å². The molecule has 0 bridgehead atoms. The highest BCUT2D eigenvalue weighted by atomic mass is 35.5. The molecule has 32 heavy (non-hydrogen) atoms. The zero-order valence-electron chi connectivity index (χ0n) is 17.0. The van der Waals surface area contributed by atoms with Crippen LogP contribution in [-0.2, 0) is 21.2 Å². The molecule has 0 unspecified atom stereocenters. The van der Waals surface area contributed by atoms with Crippen LogP contribution in [0, 0.1) is 12.7 Å². The van der Waals surface area contributed by atoms with Gasteiger partial charge in [0.15, 0.2) is 15.0 Å². The Hall–Kier alpha value is -2.81. The van der Waals surface area contributed by atoms with Gasteiger partial charge in [-0.25, -0.2) is 17.8 Å². The number of sulfone groups is 1. The van der Waals surface area contributed by atoms with Gasteiger partial charge < -0.3 is 0 Å². The molecule has 0 atom stereocenters. The van der Waals surface area contributed by atoms with Crippen LogP contribution in [0.25, 0.3) is 10.2 Å². The first-order valence-corrected chi connectivity index (χ1v) is 12.5. The number of fused-ring (bicyclic) bond motifs is 1. The van der Waals surface area contributed by atoms with E-state index < -0.39 is 27.3 Å².